The molecule has 0 bridgehead atoms. The third kappa shape index (κ3) is 2.07. The Balaban J connectivity index is 2.48. The van der Waals surface area contributed by atoms with E-state index in [1.54, 1.807) is 12.4 Å². The molecule has 2 heterocycles. The highest BCUT2D eigenvalue weighted by molar-refractivity contribution is 6.17. The average Bonchev–Trinajstić information content (AvgIpc) is 2.74. The number of alkyl halides is 1. The van der Waals surface area contributed by atoms with E-state index in [0.29, 0.717) is 5.88 Å². The van der Waals surface area contributed by atoms with E-state index in [-0.39, 0.29) is 0 Å². The fourth-order valence-corrected chi connectivity index (χ4v) is 1.81. The van der Waals surface area contributed by atoms with Gasteiger partial charge in [0.2, 0.25) is 0 Å². The number of hydrogen-bond donors (Lipinski definition) is 0. The lowest BCUT2D eigenvalue weighted by Gasteiger charge is -2.05. The Morgan fingerprint density at radius 3 is 2.69 bits per heavy atom. The highest BCUT2D eigenvalue weighted by Crippen LogP contribution is 2.22. The molecule has 0 fully saturated rings. The zero-order chi connectivity index (χ0) is 11.4. The van der Waals surface area contributed by atoms with E-state index in [2.05, 4.69) is 22.2 Å². The lowest BCUT2D eigenvalue weighted by Crippen LogP contribution is -2.02. The maximum absolute atomic E-state index is 5.86. The second kappa shape index (κ2) is 5.07. The molecular formula is C11H13ClN4. The zero-order valence-corrected chi connectivity index (χ0v) is 9.85. The number of aromatic nitrogens is 4. The molecule has 0 spiro atoms. The summed E-state index contributed by atoms with van der Waals surface area (Å²) in [7, 11) is 0. The minimum atomic E-state index is 0.376. The number of halogens is 1. The van der Waals surface area contributed by atoms with Gasteiger partial charge in [0.05, 0.1) is 11.6 Å². The van der Waals surface area contributed by atoms with E-state index in [1.165, 1.54) is 0 Å². The summed E-state index contributed by atoms with van der Waals surface area (Å²) in [6.45, 7) is 2.96. The average molecular weight is 237 g/mol. The van der Waals surface area contributed by atoms with Crippen LogP contribution in [0, 0.1) is 0 Å². The second-order valence-corrected chi connectivity index (χ2v) is 3.74. The topological polar surface area (TPSA) is 43.6 Å². The molecular weight excluding hydrogens is 224 g/mol. The first-order valence-electron chi connectivity index (χ1n) is 5.25. The standard InChI is InChI=1S/C11H13ClN4/c1-2-7-16-11(10(8-12)14-15-16)9-3-5-13-6-4-9/h3-6H,2,7-8H2,1H3. The number of hydrogen-bond acceptors (Lipinski definition) is 3. The molecule has 2 rings (SSSR count). The Labute approximate surface area is 99.3 Å². The van der Waals surface area contributed by atoms with Crippen molar-refractivity contribution in [1.82, 2.24) is 20.0 Å². The fourth-order valence-electron chi connectivity index (χ4n) is 1.63. The molecule has 0 atom stereocenters. The predicted octanol–water partition coefficient (Wildman–Crippen LogP) is 2.49. The van der Waals surface area contributed by atoms with E-state index in [0.717, 1.165) is 29.9 Å². The Morgan fingerprint density at radius 2 is 2.06 bits per heavy atom. The van der Waals surface area contributed by atoms with Crippen LogP contribution in [-0.4, -0.2) is 20.0 Å². The van der Waals surface area contributed by atoms with Gasteiger partial charge in [-0.2, -0.15) is 0 Å². The molecule has 0 aliphatic rings. The molecule has 16 heavy (non-hydrogen) atoms. The molecule has 4 nitrogen and oxygen atoms in total. The van der Waals surface area contributed by atoms with Crippen molar-refractivity contribution >= 4 is 11.6 Å². The van der Waals surface area contributed by atoms with Crippen LogP contribution in [0.25, 0.3) is 11.3 Å². The van der Waals surface area contributed by atoms with E-state index in [4.69, 9.17) is 11.6 Å². The monoisotopic (exact) mass is 236 g/mol. The van der Waals surface area contributed by atoms with Crippen LogP contribution in [0.1, 0.15) is 19.0 Å². The maximum Gasteiger partial charge on any atom is 0.105 e. The second-order valence-electron chi connectivity index (χ2n) is 3.48. The molecule has 0 aliphatic carbocycles. The van der Waals surface area contributed by atoms with Crippen molar-refractivity contribution in [3.8, 4) is 11.3 Å². The molecule has 0 aliphatic heterocycles. The zero-order valence-electron chi connectivity index (χ0n) is 9.10. The van der Waals surface area contributed by atoms with Crippen LogP contribution in [0.3, 0.4) is 0 Å². The smallest absolute Gasteiger partial charge is 0.105 e. The van der Waals surface area contributed by atoms with E-state index in [9.17, 15) is 0 Å². The predicted molar refractivity (Wildman–Crippen MR) is 63.1 cm³/mol. The Morgan fingerprint density at radius 1 is 1.31 bits per heavy atom. The van der Waals surface area contributed by atoms with Crippen LogP contribution in [0.15, 0.2) is 24.5 Å². The van der Waals surface area contributed by atoms with Crippen molar-refractivity contribution in [2.45, 2.75) is 25.8 Å². The first-order chi connectivity index (χ1) is 7.86. The molecule has 0 radical (unpaired) electrons. The quantitative estimate of drug-likeness (QED) is 0.766. The number of rotatable bonds is 4. The van der Waals surface area contributed by atoms with Crippen molar-refractivity contribution in [1.29, 1.82) is 0 Å². The number of aryl methyl sites for hydroxylation is 1. The third-order valence-corrected chi connectivity index (χ3v) is 2.57. The molecule has 2 aromatic heterocycles. The van der Waals surface area contributed by atoms with Gasteiger partial charge in [0.1, 0.15) is 5.69 Å². The molecule has 5 heteroatoms. The Hall–Kier alpha value is -1.42. The first kappa shape index (κ1) is 11.1. The molecule has 2 aromatic rings. The van der Waals surface area contributed by atoms with Crippen molar-refractivity contribution in [2.75, 3.05) is 0 Å². The minimum Gasteiger partial charge on any atom is -0.265 e. The van der Waals surface area contributed by atoms with Crippen LogP contribution in [0.2, 0.25) is 0 Å². The van der Waals surface area contributed by atoms with Crippen molar-refractivity contribution in [3.63, 3.8) is 0 Å². The molecule has 84 valence electrons. The minimum absolute atomic E-state index is 0.376. The van der Waals surface area contributed by atoms with Crippen LogP contribution in [-0.2, 0) is 12.4 Å². The largest absolute Gasteiger partial charge is 0.265 e. The lowest BCUT2D eigenvalue weighted by atomic mass is 10.1. The summed E-state index contributed by atoms with van der Waals surface area (Å²) >= 11 is 5.86. The van der Waals surface area contributed by atoms with Gasteiger partial charge in [0, 0.05) is 24.5 Å². The summed E-state index contributed by atoms with van der Waals surface area (Å²) in [5.41, 5.74) is 2.88. The van der Waals surface area contributed by atoms with Crippen molar-refractivity contribution in [2.24, 2.45) is 0 Å². The third-order valence-electron chi connectivity index (χ3n) is 2.32. The van der Waals surface area contributed by atoms with Gasteiger partial charge in [-0.25, -0.2) is 4.68 Å². The molecule has 0 unspecified atom stereocenters. The van der Waals surface area contributed by atoms with Crippen molar-refractivity contribution < 1.29 is 0 Å². The normalized spacial score (nSPS) is 10.6. The van der Waals surface area contributed by atoms with Gasteiger partial charge in [0.15, 0.2) is 0 Å². The summed E-state index contributed by atoms with van der Waals surface area (Å²) in [6.07, 6.45) is 4.54. The van der Waals surface area contributed by atoms with E-state index < -0.39 is 0 Å². The highest BCUT2D eigenvalue weighted by atomic mass is 35.5. The molecule has 0 aromatic carbocycles. The van der Waals surface area contributed by atoms with Gasteiger partial charge in [-0.15, -0.1) is 16.7 Å². The Kier molecular flexibility index (Phi) is 3.51. The van der Waals surface area contributed by atoms with Gasteiger partial charge < -0.3 is 0 Å². The summed E-state index contributed by atoms with van der Waals surface area (Å²) in [4.78, 5) is 4.00. The van der Waals surface area contributed by atoms with Gasteiger partial charge in [0.25, 0.3) is 0 Å². The SMILES string of the molecule is CCCn1nnc(CCl)c1-c1ccncc1. The maximum atomic E-state index is 5.86. The van der Waals surface area contributed by atoms with Crippen LogP contribution in [0.5, 0.6) is 0 Å². The van der Waals surface area contributed by atoms with E-state index in [1.807, 2.05) is 16.8 Å². The van der Waals surface area contributed by atoms with E-state index >= 15 is 0 Å². The summed E-state index contributed by atoms with van der Waals surface area (Å²) in [5.74, 6) is 0.376. The molecule has 0 amide bonds. The molecule has 0 saturated heterocycles. The fraction of sp³-hybridized carbons (Fsp3) is 0.364. The van der Waals surface area contributed by atoms with Crippen LogP contribution in [0.4, 0.5) is 0 Å². The van der Waals surface area contributed by atoms with Gasteiger partial charge in [-0.3, -0.25) is 4.98 Å². The molecule has 0 saturated carbocycles. The summed E-state index contributed by atoms with van der Waals surface area (Å²) in [6, 6.07) is 3.89. The molecule has 0 N–H and O–H groups in total. The number of nitrogens with zero attached hydrogens (tertiary/aromatic N) is 4. The summed E-state index contributed by atoms with van der Waals surface area (Å²) < 4.78 is 1.90. The van der Waals surface area contributed by atoms with Gasteiger partial charge >= 0.3 is 0 Å². The van der Waals surface area contributed by atoms with Crippen LogP contribution >= 0.6 is 11.6 Å². The van der Waals surface area contributed by atoms with Gasteiger partial charge in [-0.05, 0) is 18.6 Å². The number of pyridine rings is 1. The highest BCUT2D eigenvalue weighted by Gasteiger charge is 2.13. The van der Waals surface area contributed by atoms with Gasteiger partial charge in [-0.1, -0.05) is 12.1 Å². The van der Waals surface area contributed by atoms with Crippen molar-refractivity contribution in [3.05, 3.63) is 30.2 Å². The van der Waals surface area contributed by atoms with Crippen LogP contribution < -0.4 is 0 Å². The summed E-state index contributed by atoms with van der Waals surface area (Å²) in [5, 5.41) is 8.21. The lowest BCUT2D eigenvalue weighted by molar-refractivity contribution is 0.584. The Bertz CT molecular complexity index is 452. The first-order valence-corrected chi connectivity index (χ1v) is 5.79.